The minimum Gasteiger partial charge on any atom is -0.480 e. The quantitative estimate of drug-likeness (QED) is 0.653. The number of aliphatic hydroxyl groups is 1. The molecule has 0 saturated heterocycles. The van der Waals surface area contributed by atoms with Crippen LogP contribution in [0.5, 0.6) is 5.88 Å². The normalized spacial score (nSPS) is 12.5. The van der Waals surface area contributed by atoms with Gasteiger partial charge in [0.1, 0.15) is 0 Å². The average Bonchev–Trinajstić information content (AvgIpc) is 2.78. The number of ether oxygens (including phenoxy) is 2. The predicted molar refractivity (Wildman–Crippen MR) is 77.2 cm³/mol. The smallest absolute Gasteiger partial charge is 0.230 e. The molecule has 1 aromatic rings. The van der Waals surface area contributed by atoms with Gasteiger partial charge in [-0.25, -0.2) is 0 Å². The van der Waals surface area contributed by atoms with E-state index in [1.165, 1.54) is 0 Å². The Bertz CT molecular complexity index is 371. The summed E-state index contributed by atoms with van der Waals surface area (Å²) in [5.41, 5.74) is 0. The molecule has 0 bridgehead atoms. The molecule has 1 unspecified atom stereocenters. The largest absolute Gasteiger partial charge is 0.480 e. The molecule has 0 saturated carbocycles. The number of nitrogens with zero attached hydrogens (tertiary/aromatic N) is 2. The number of hydrogen-bond donors (Lipinski definition) is 2. The van der Waals surface area contributed by atoms with Crippen molar-refractivity contribution in [3.63, 3.8) is 0 Å². The van der Waals surface area contributed by atoms with Crippen LogP contribution in [-0.4, -0.2) is 57.7 Å². The SMILES string of the molecule is COCC(O)CCNCc1sc(N(C)C)nc1OC. The second-order valence-electron chi connectivity index (χ2n) is 4.40. The lowest BCUT2D eigenvalue weighted by Gasteiger charge is -2.09. The van der Waals surface area contributed by atoms with Crippen LogP contribution in [0, 0.1) is 0 Å². The highest BCUT2D eigenvalue weighted by molar-refractivity contribution is 7.15. The summed E-state index contributed by atoms with van der Waals surface area (Å²) in [5, 5.41) is 13.7. The maximum absolute atomic E-state index is 9.52. The molecule has 0 aliphatic heterocycles. The predicted octanol–water partition coefficient (Wildman–Crippen LogP) is 0.705. The fourth-order valence-corrected chi connectivity index (χ4v) is 2.46. The Kier molecular flexibility index (Phi) is 7.07. The Morgan fingerprint density at radius 3 is 2.74 bits per heavy atom. The van der Waals surface area contributed by atoms with Gasteiger partial charge in [0.15, 0.2) is 5.13 Å². The lowest BCUT2D eigenvalue weighted by molar-refractivity contribution is 0.0594. The molecule has 1 heterocycles. The van der Waals surface area contributed by atoms with Gasteiger partial charge in [-0.1, -0.05) is 11.3 Å². The Balaban J connectivity index is 2.40. The molecule has 1 atom stereocenters. The van der Waals surface area contributed by atoms with Crippen molar-refractivity contribution in [3.8, 4) is 5.88 Å². The van der Waals surface area contributed by atoms with Crippen LogP contribution in [0.3, 0.4) is 0 Å². The number of rotatable bonds is 9. The van der Waals surface area contributed by atoms with E-state index in [9.17, 15) is 5.11 Å². The topological polar surface area (TPSA) is 66.9 Å². The maximum Gasteiger partial charge on any atom is 0.230 e. The van der Waals surface area contributed by atoms with Crippen LogP contribution < -0.4 is 15.0 Å². The van der Waals surface area contributed by atoms with Crippen LogP contribution in [0.4, 0.5) is 5.13 Å². The molecule has 1 rings (SSSR count). The Morgan fingerprint density at radius 2 is 2.16 bits per heavy atom. The van der Waals surface area contributed by atoms with Crippen LogP contribution in [0.1, 0.15) is 11.3 Å². The zero-order chi connectivity index (χ0) is 14.3. The third kappa shape index (κ3) is 5.32. The van der Waals surface area contributed by atoms with E-state index in [0.29, 0.717) is 25.5 Å². The number of hydrogen-bond acceptors (Lipinski definition) is 7. The lowest BCUT2D eigenvalue weighted by Crippen LogP contribution is -2.22. The first-order valence-electron chi connectivity index (χ1n) is 6.17. The molecule has 0 radical (unpaired) electrons. The summed E-state index contributed by atoms with van der Waals surface area (Å²) in [6.45, 7) is 1.79. The highest BCUT2D eigenvalue weighted by atomic mass is 32.1. The Morgan fingerprint density at radius 1 is 1.42 bits per heavy atom. The van der Waals surface area contributed by atoms with Gasteiger partial charge in [-0.2, -0.15) is 4.98 Å². The van der Waals surface area contributed by atoms with E-state index >= 15 is 0 Å². The molecule has 0 aliphatic carbocycles. The van der Waals surface area contributed by atoms with Gasteiger partial charge in [-0.05, 0) is 13.0 Å². The van der Waals surface area contributed by atoms with Crippen molar-refractivity contribution in [2.45, 2.75) is 19.1 Å². The molecular weight excluding hydrogens is 266 g/mol. The van der Waals surface area contributed by atoms with Gasteiger partial charge in [0.25, 0.3) is 0 Å². The first-order chi connectivity index (χ1) is 9.08. The average molecular weight is 289 g/mol. The van der Waals surface area contributed by atoms with Crippen molar-refractivity contribution in [3.05, 3.63) is 4.88 Å². The van der Waals surface area contributed by atoms with E-state index in [-0.39, 0.29) is 0 Å². The van der Waals surface area contributed by atoms with Gasteiger partial charge in [0.2, 0.25) is 5.88 Å². The molecular formula is C12H23N3O3S. The second-order valence-corrected chi connectivity index (χ2v) is 5.46. The molecule has 19 heavy (non-hydrogen) atoms. The minimum absolute atomic E-state index is 0.371. The first kappa shape index (κ1) is 16.2. The molecule has 0 amide bonds. The molecule has 7 heteroatoms. The van der Waals surface area contributed by atoms with Crippen LogP contribution in [0.25, 0.3) is 0 Å². The molecule has 110 valence electrons. The number of aliphatic hydroxyl groups excluding tert-OH is 1. The van der Waals surface area contributed by atoms with Gasteiger partial charge < -0.3 is 24.8 Å². The van der Waals surface area contributed by atoms with Crippen molar-refractivity contribution in [1.29, 1.82) is 0 Å². The molecule has 0 aromatic carbocycles. The Labute approximate surface area is 118 Å². The van der Waals surface area contributed by atoms with Crippen LogP contribution in [0.2, 0.25) is 0 Å². The number of anilines is 1. The van der Waals surface area contributed by atoms with Crippen molar-refractivity contribution in [1.82, 2.24) is 10.3 Å². The van der Waals surface area contributed by atoms with Crippen LogP contribution in [0.15, 0.2) is 0 Å². The third-order valence-electron chi connectivity index (χ3n) is 2.53. The molecule has 0 fully saturated rings. The third-order valence-corrected chi connectivity index (χ3v) is 3.73. The summed E-state index contributed by atoms with van der Waals surface area (Å²) in [6.07, 6.45) is 0.244. The number of nitrogens with one attached hydrogen (secondary N) is 1. The lowest BCUT2D eigenvalue weighted by atomic mass is 10.2. The second kappa shape index (κ2) is 8.31. The summed E-state index contributed by atoms with van der Waals surface area (Å²) in [5.74, 6) is 0.665. The van der Waals surface area contributed by atoms with Crippen LogP contribution in [-0.2, 0) is 11.3 Å². The molecule has 0 spiro atoms. The summed E-state index contributed by atoms with van der Waals surface area (Å²) in [6, 6.07) is 0. The van der Waals surface area contributed by atoms with E-state index in [1.54, 1.807) is 25.6 Å². The summed E-state index contributed by atoms with van der Waals surface area (Å²) in [7, 11) is 7.12. The van der Waals surface area contributed by atoms with Gasteiger partial charge in [0, 0.05) is 27.7 Å². The van der Waals surface area contributed by atoms with Gasteiger partial charge in [-0.15, -0.1) is 0 Å². The Hall–Kier alpha value is -0.890. The number of aromatic nitrogens is 1. The fraction of sp³-hybridized carbons (Fsp3) is 0.750. The van der Waals surface area contributed by atoms with Gasteiger partial charge in [-0.3, -0.25) is 0 Å². The van der Waals surface area contributed by atoms with E-state index in [2.05, 4.69) is 10.3 Å². The summed E-state index contributed by atoms with van der Waals surface area (Å²) in [4.78, 5) is 7.40. The molecule has 1 aromatic heterocycles. The highest BCUT2D eigenvalue weighted by Gasteiger charge is 2.12. The maximum atomic E-state index is 9.52. The van der Waals surface area contributed by atoms with Gasteiger partial charge >= 0.3 is 0 Å². The summed E-state index contributed by atoms with van der Waals surface area (Å²) >= 11 is 1.60. The van der Waals surface area contributed by atoms with Crippen molar-refractivity contribution < 1.29 is 14.6 Å². The van der Waals surface area contributed by atoms with Crippen molar-refractivity contribution in [2.24, 2.45) is 0 Å². The van der Waals surface area contributed by atoms with E-state index in [0.717, 1.165) is 16.6 Å². The van der Waals surface area contributed by atoms with Crippen molar-refractivity contribution >= 4 is 16.5 Å². The number of thiazole rings is 1. The first-order valence-corrected chi connectivity index (χ1v) is 6.98. The zero-order valence-corrected chi connectivity index (χ0v) is 12.8. The standard InChI is InChI=1S/C12H23N3O3S/c1-15(2)12-14-11(18-4)10(19-12)7-13-6-5-9(16)8-17-3/h9,13,16H,5-8H2,1-4H3. The summed E-state index contributed by atoms with van der Waals surface area (Å²) < 4.78 is 10.1. The van der Waals surface area contributed by atoms with E-state index < -0.39 is 6.10 Å². The van der Waals surface area contributed by atoms with Gasteiger partial charge in [0.05, 0.1) is 24.7 Å². The van der Waals surface area contributed by atoms with Crippen molar-refractivity contribution in [2.75, 3.05) is 46.4 Å². The van der Waals surface area contributed by atoms with E-state index in [4.69, 9.17) is 9.47 Å². The highest BCUT2D eigenvalue weighted by Crippen LogP contribution is 2.30. The number of methoxy groups -OCH3 is 2. The zero-order valence-electron chi connectivity index (χ0n) is 12.0. The molecule has 0 aliphatic rings. The monoisotopic (exact) mass is 289 g/mol. The van der Waals surface area contributed by atoms with Crippen LogP contribution >= 0.6 is 11.3 Å². The molecule has 6 nitrogen and oxygen atoms in total. The minimum atomic E-state index is -0.418. The van der Waals surface area contributed by atoms with E-state index in [1.807, 2.05) is 19.0 Å². The molecule has 2 N–H and O–H groups in total. The fourth-order valence-electron chi connectivity index (χ4n) is 1.53.